The summed E-state index contributed by atoms with van der Waals surface area (Å²) in [4.78, 5) is 193. The van der Waals surface area contributed by atoms with Crippen molar-refractivity contribution in [3.8, 4) is 11.5 Å². The first-order valence-electron chi connectivity index (χ1n) is 36.4. The quantitative estimate of drug-likeness (QED) is 0.0129. The van der Waals surface area contributed by atoms with Crippen LogP contribution in [0.4, 0.5) is 28.0 Å². The second-order valence-electron chi connectivity index (χ2n) is 23.8. The highest BCUT2D eigenvalue weighted by atomic mass is 19.1. The van der Waals surface area contributed by atoms with Gasteiger partial charge in [-0.3, -0.25) is 23.2 Å². The number of carbonyl (C=O) groups is 17. The third kappa shape index (κ3) is 47.3. The normalized spacial score (nSPS) is 11.8. The highest BCUT2D eigenvalue weighted by Crippen LogP contribution is 2.19. The molecule has 8 atom stereocenters. The van der Waals surface area contributed by atoms with E-state index in [0.717, 1.165) is 0 Å². The van der Waals surface area contributed by atoms with Crippen molar-refractivity contribution in [2.75, 3.05) is 14.4 Å². The van der Waals surface area contributed by atoms with Crippen molar-refractivity contribution in [3.05, 3.63) is 203 Å². The zero-order valence-electron chi connectivity index (χ0n) is 66.2. The SMILES string of the molecule is CC.CC.CCC[C@H](NC(=O)N[C@@H](Cc1ccc(OC(=O)c2ccccc2)cc1)C(=O)O)C(=O)O.CF.CF.O=C(O)CC[C@H](NC(=O)N[C@@H](Cc1ccc(OC(=O)c2ccccc2)cc1)C(=O)O)C(=O)O.O=C(O)CC[C@H](NC(=O)N[C@@H](Cc1ccccc1)C(=O)O)C(=O)O.O=C(O)CC[C@H](NC(=O)N[C@@H](Cc1ccccc1)C(=O)O)C(=O)O. The van der Waals surface area contributed by atoms with Crippen molar-refractivity contribution in [2.45, 2.75) is 160 Å². The molecule has 0 aliphatic heterocycles. The number of carbonyl (C=O) groups excluding carboxylic acids is 6. The van der Waals surface area contributed by atoms with Crippen molar-refractivity contribution < 1.29 is 156 Å². The molecule has 0 aromatic heterocycles. The van der Waals surface area contributed by atoms with Gasteiger partial charge in [0.2, 0.25) is 0 Å². The standard InChI is InChI=1S/C22H22N2O9.C22H24N2O7.2C15H18N2O7.2C2H6.2CH3F/c25-18(26)11-10-16(19(27)28)23-22(32)24-17(20(29)30)12-13-6-8-15(9-7-13)33-21(31)14-4-2-1-3-5-14;1-2-6-17(19(25)26)23-22(30)24-18(20(27)28)13-14-9-11-16(12-10-14)31-21(29)15-7-4-3-5-8-15;2*18-12(19)7-6-10(13(20)21)16-15(24)17-11(14(22)23)8-9-4-2-1-3-5-9;4*1-2/h1-9,16-17H,10-12H2,(H,25,26)(H,27,28)(H,29,30)(H2,23,24,32);3-5,7-12,17-18H,2,6,13H2,1H3,(H,25,26)(H,27,28)(H2,23,24,30);2*1-5,10-11H,6-8H2,(H,18,19)(H,20,21)(H,22,23)(H2,16,17,24);2*1-2H3;2*1H3/t16-,17-;17-,18-;2*10-,11-;;;;/m0000..../s1. The van der Waals surface area contributed by atoms with E-state index in [9.17, 15) is 101 Å². The lowest BCUT2D eigenvalue weighted by atomic mass is 10.1. The van der Waals surface area contributed by atoms with Gasteiger partial charge in [0.15, 0.2) is 0 Å². The summed E-state index contributed by atoms with van der Waals surface area (Å²) in [5, 5.41) is 116. The summed E-state index contributed by atoms with van der Waals surface area (Å²) >= 11 is 0. The first kappa shape index (κ1) is 107. The molecule has 6 aromatic carbocycles. The minimum absolute atomic E-state index is 0.0243. The van der Waals surface area contributed by atoms with Crippen LogP contribution in [0.2, 0.25) is 0 Å². The average molecular weight is 1690 g/mol. The maximum Gasteiger partial charge on any atom is 0.343 e. The number of rotatable bonds is 39. The van der Waals surface area contributed by atoms with Crippen LogP contribution in [0, 0.1) is 0 Å². The van der Waals surface area contributed by atoms with Crippen LogP contribution in [-0.2, 0) is 78.4 Å². The van der Waals surface area contributed by atoms with Gasteiger partial charge >= 0.3 is 102 Å². The van der Waals surface area contributed by atoms with Crippen molar-refractivity contribution >= 4 is 102 Å². The number of halogens is 2. The van der Waals surface area contributed by atoms with Gasteiger partial charge in [-0.05, 0) is 96.5 Å². The Bertz CT molecular complexity index is 4090. The van der Waals surface area contributed by atoms with Crippen LogP contribution in [-0.4, -0.2) is 221 Å². The van der Waals surface area contributed by atoms with Gasteiger partial charge in [-0.1, -0.05) is 162 Å². The van der Waals surface area contributed by atoms with E-state index in [4.69, 9.17) is 55.4 Å². The molecule has 0 fully saturated rings. The highest BCUT2D eigenvalue weighted by Gasteiger charge is 2.30. The van der Waals surface area contributed by atoms with Crippen LogP contribution in [0.3, 0.4) is 0 Å². The van der Waals surface area contributed by atoms with E-state index >= 15 is 0 Å². The van der Waals surface area contributed by atoms with E-state index in [1.165, 1.54) is 36.4 Å². The number of hydrogen-bond donors (Lipinski definition) is 19. The van der Waals surface area contributed by atoms with E-state index in [1.807, 2.05) is 27.7 Å². The second-order valence-corrected chi connectivity index (χ2v) is 23.8. The molecule has 0 radical (unpaired) electrons. The van der Waals surface area contributed by atoms with E-state index < -0.39 is 169 Å². The Hall–Kier alpha value is -14.6. The zero-order valence-corrected chi connectivity index (χ0v) is 66.2. The molecule has 6 rings (SSSR count). The molecular weight excluding hydrogens is 1590 g/mol. The number of benzene rings is 6. The summed E-state index contributed by atoms with van der Waals surface area (Å²) in [7, 11) is 1.00. The fourth-order valence-corrected chi connectivity index (χ4v) is 9.39. The van der Waals surface area contributed by atoms with Gasteiger partial charge in [-0.25, -0.2) is 67.1 Å². The molecule has 654 valence electrons. The van der Waals surface area contributed by atoms with Gasteiger partial charge in [0.25, 0.3) is 0 Å². The fraction of sp³-hybridized carbons (Fsp3) is 0.338. The largest absolute Gasteiger partial charge is 0.481 e. The second kappa shape index (κ2) is 61.8. The van der Waals surface area contributed by atoms with Gasteiger partial charge < -0.3 is 108 Å². The lowest BCUT2D eigenvalue weighted by Gasteiger charge is -2.18. The number of aliphatic carboxylic acids is 11. The summed E-state index contributed by atoms with van der Waals surface area (Å²) in [5.74, 6) is -14.8. The number of ether oxygens (including phenoxy) is 2. The molecule has 0 spiro atoms. The maximum atomic E-state index is 12.1. The third-order valence-electron chi connectivity index (χ3n) is 15.1. The summed E-state index contributed by atoms with van der Waals surface area (Å²) in [6.45, 7) is 9.77. The Morgan fingerprint density at radius 2 is 0.450 bits per heavy atom. The van der Waals surface area contributed by atoms with Crippen LogP contribution in [0.5, 0.6) is 11.5 Å². The van der Waals surface area contributed by atoms with Crippen LogP contribution >= 0.6 is 0 Å². The summed E-state index contributed by atoms with van der Waals surface area (Å²) in [6.07, 6.45) is -1.71. The van der Waals surface area contributed by atoms with Crippen molar-refractivity contribution in [2.24, 2.45) is 0 Å². The van der Waals surface area contributed by atoms with Gasteiger partial charge in [0.1, 0.15) is 59.8 Å². The molecule has 38 nitrogen and oxygen atoms in total. The van der Waals surface area contributed by atoms with Gasteiger partial charge in [0.05, 0.1) is 25.5 Å². The number of amides is 8. The topological polar surface area (TPSA) is 627 Å². The third-order valence-corrected chi connectivity index (χ3v) is 15.1. The van der Waals surface area contributed by atoms with Crippen LogP contribution in [0.1, 0.15) is 129 Å². The summed E-state index contributed by atoms with van der Waals surface area (Å²) in [5.41, 5.74) is 3.22. The molecule has 19 N–H and O–H groups in total. The number of urea groups is 4. The molecule has 0 heterocycles. The smallest absolute Gasteiger partial charge is 0.343 e. The summed E-state index contributed by atoms with van der Waals surface area (Å²) < 4.78 is 29.5. The molecule has 0 saturated carbocycles. The molecule has 0 saturated heterocycles. The van der Waals surface area contributed by atoms with E-state index in [2.05, 4.69) is 42.5 Å². The molecule has 40 heteroatoms. The van der Waals surface area contributed by atoms with Crippen LogP contribution in [0.25, 0.3) is 0 Å². The lowest BCUT2D eigenvalue weighted by Crippen LogP contribution is -2.51. The van der Waals surface area contributed by atoms with Gasteiger partial charge in [0, 0.05) is 44.9 Å². The predicted molar refractivity (Wildman–Crippen MR) is 424 cm³/mol. The van der Waals surface area contributed by atoms with Crippen LogP contribution in [0.15, 0.2) is 170 Å². The average Bonchev–Trinajstić information content (AvgIpc) is 0.854. The van der Waals surface area contributed by atoms with E-state index in [-0.39, 0.29) is 57.1 Å². The predicted octanol–water partition coefficient (Wildman–Crippen LogP) is 7.80. The van der Waals surface area contributed by atoms with Crippen LogP contribution < -0.4 is 52.0 Å². The number of nitrogens with one attached hydrogen (secondary N) is 8. The number of hydrogen-bond acceptors (Lipinski definition) is 19. The number of carboxylic acid groups (broad SMARTS) is 11. The molecule has 0 aliphatic carbocycles. The Labute approximate surface area is 686 Å². The van der Waals surface area contributed by atoms with Crippen molar-refractivity contribution in [1.29, 1.82) is 0 Å². The maximum absolute atomic E-state index is 12.1. The number of carboxylic acids is 11. The van der Waals surface area contributed by atoms with Crippen molar-refractivity contribution in [3.63, 3.8) is 0 Å². The molecule has 8 amide bonds. The van der Waals surface area contributed by atoms with Gasteiger partial charge in [-0.2, -0.15) is 0 Å². The van der Waals surface area contributed by atoms with Gasteiger partial charge in [-0.15, -0.1) is 0 Å². The Morgan fingerprint density at radius 3 is 0.642 bits per heavy atom. The Kier molecular flexibility index (Phi) is 55.3. The zero-order chi connectivity index (χ0) is 91.4. The molecular formula is C80H100F2N8O30. The fourth-order valence-electron chi connectivity index (χ4n) is 9.39. The number of alkyl halides is 2. The molecule has 0 aliphatic rings. The molecule has 0 bridgehead atoms. The first-order valence-corrected chi connectivity index (χ1v) is 36.4. The molecule has 6 aromatic rings. The van der Waals surface area contributed by atoms with Crippen molar-refractivity contribution in [1.82, 2.24) is 42.5 Å². The lowest BCUT2D eigenvalue weighted by molar-refractivity contribution is -0.142. The molecule has 0 unspecified atom stereocenters. The minimum Gasteiger partial charge on any atom is -0.481 e. The first-order chi connectivity index (χ1) is 57.0. The minimum atomic E-state index is -1.49. The Morgan fingerprint density at radius 1 is 0.267 bits per heavy atom. The monoisotopic (exact) mass is 1690 g/mol. The van der Waals surface area contributed by atoms with E-state index in [0.29, 0.717) is 59.9 Å². The Balaban J connectivity index is 0. The van der Waals surface area contributed by atoms with E-state index in [1.54, 1.807) is 140 Å². The number of esters is 2. The molecule has 120 heavy (non-hydrogen) atoms. The summed E-state index contributed by atoms with van der Waals surface area (Å²) in [6, 6.07) is 31.7. The highest BCUT2D eigenvalue weighted by molar-refractivity contribution is 5.93.